The van der Waals surface area contributed by atoms with E-state index in [1.807, 2.05) is 6.26 Å². The summed E-state index contributed by atoms with van der Waals surface area (Å²) in [6.45, 7) is 1.54. The fourth-order valence-electron chi connectivity index (χ4n) is 2.34. The molecule has 8 nitrogen and oxygen atoms in total. The molecule has 28 heavy (non-hydrogen) atoms. The summed E-state index contributed by atoms with van der Waals surface area (Å²) in [6, 6.07) is 0.0729. The molecule has 1 heterocycles. The summed E-state index contributed by atoms with van der Waals surface area (Å²) in [5, 5.41) is 0. The van der Waals surface area contributed by atoms with Gasteiger partial charge in [-0.15, -0.1) is 4.37 Å². The minimum Gasteiger partial charge on any atom is -0.465 e. The van der Waals surface area contributed by atoms with Crippen LogP contribution in [0.4, 0.5) is 13.2 Å². The average Bonchev–Trinajstić information content (AvgIpc) is 3.08. The Labute approximate surface area is 167 Å². The standard InChI is InChI=1S/C14H17F3N2O6S3/c1-3-23-10(20)13(8-24-11-18-12(26-2)27-19-11)6-4-9(5-7-13)25-28(21,22)14(15,16)17/h4H,3,5-8H2,1-2H3. The third kappa shape index (κ3) is 5.29. The van der Waals surface area contributed by atoms with Crippen molar-refractivity contribution < 1.29 is 40.0 Å². The third-order valence-corrected chi connectivity index (χ3v) is 6.48. The minimum absolute atomic E-state index is 0.0232. The Morgan fingerprint density at radius 2 is 2.14 bits per heavy atom. The van der Waals surface area contributed by atoms with Gasteiger partial charge in [0.25, 0.3) is 0 Å². The van der Waals surface area contributed by atoms with Crippen molar-refractivity contribution in [2.45, 2.75) is 36.0 Å². The SMILES string of the molecule is CCOC(=O)C1(COc2nsc(SC)n2)CC=C(OS(=O)(=O)C(F)(F)F)CC1. The van der Waals surface area contributed by atoms with Gasteiger partial charge in [0, 0.05) is 6.42 Å². The van der Waals surface area contributed by atoms with Crippen LogP contribution in [0.5, 0.6) is 6.01 Å². The van der Waals surface area contributed by atoms with Gasteiger partial charge in [-0.05, 0) is 43.6 Å². The van der Waals surface area contributed by atoms with Gasteiger partial charge in [-0.1, -0.05) is 11.8 Å². The Balaban J connectivity index is 2.14. The van der Waals surface area contributed by atoms with Gasteiger partial charge in [0.2, 0.25) is 0 Å². The van der Waals surface area contributed by atoms with E-state index < -0.39 is 27.0 Å². The van der Waals surface area contributed by atoms with Crippen LogP contribution in [0.3, 0.4) is 0 Å². The van der Waals surface area contributed by atoms with Crippen LogP contribution < -0.4 is 4.74 Å². The Morgan fingerprint density at radius 1 is 1.43 bits per heavy atom. The van der Waals surface area contributed by atoms with Crippen LogP contribution >= 0.6 is 23.3 Å². The number of allylic oxidation sites excluding steroid dienone is 2. The molecule has 1 aliphatic carbocycles. The second-order valence-corrected chi connectivity index (χ2v) is 9.04. The summed E-state index contributed by atoms with van der Waals surface area (Å²) in [7, 11) is -5.76. The molecule has 0 bridgehead atoms. The van der Waals surface area contributed by atoms with E-state index in [-0.39, 0.29) is 44.2 Å². The first-order valence-electron chi connectivity index (χ1n) is 7.90. The van der Waals surface area contributed by atoms with Gasteiger partial charge in [-0.3, -0.25) is 4.79 Å². The maximum Gasteiger partial charge on any atom is 0.534 e. The van der Waals surface area contributed by atoms with E-state index >= 15 is 0 Å². The summed E-state index contributed by atoms with van der Waals surface area (Å²) < 4.78 is 79.0. The topological polar surface area (TPSA) is 105 Å². The lowest BCUT2D eigenvalue weighted by atomic mass is 9.77. The molecule has 0 amide bonds. The molecule has 1 aromatic heterocycles. The highest BCUT2D eigenvalue weighted by Gasteiger charge is 2.50. The molecule has 1 aromatic rings. The van der Waals surface area contributed by atoms with Crippen LogP contribution in [-0.4, -0.2) is 48.7 Å². The minimum atomic E-state index is -5.76. The molecule has 0 fully saturated rings. The Morgan fingerprint density at radius 3 is 2.64 bits per heavy atom. The molecule has 0 aliphatic heterocycles. The zero-order valence-electron chi connectivity index (χ0n) is 14.8. The van der Waals surface area contributed by atoms with Crippen LogP contribution in [-0.2, 0) is 23.8 Å². The normalized spacial score (nSPS) is 20.4. The fourth-order valence-corrected chi connectivity index (χ4v) is 3.82. The number of aromatic nitrogens is 2. The van der Waals surface area contributed by atoms with Crippen LogP contribution in [0, 0.1) is 5.41 Å². The Kier molecular flexibility index (Phi) is 7.20. The van der Waals surface area contributed by atoms with Crippen molar-refractivity contribution >= 4 is 39.4 Å². The molecular formula is C14H17F3N2O6S3. The van der Waals surface area contributed by atoms with Crippen molar-refractivity contribution in [2.24, 2.45) is 5.41 Å². The van der Waals surface area contributed by atoms with Crippen molar-refractivity contribution in [3.8, 4) is 6.01 Å². The lowest BCUT2D eigenvalue weighted by molar-refractivity contribution is -0.158. The molecule has 0 saturated heterocycles. The molecule has 14 heteroatoms. The third-order valence-electron chi connectivity index (χ3n) is 3.82. The smallest absolute Gasteiger partial charge is 0.465 e. The molecule has 1 atom stereocenters. The van der Waals surface area contributed by atoms with Gasteiger partial charge in [-0.2, -0.15) is 26.6 Å². The summed E-state index contributed by atoms with van der Waals surface area (Å²) >= 11 is 2.49. The number of thioether (sulfide) groups is 1. The summed E-state index contributed by atoms with van der Waals surface area (Å²) in [5.74, 6) is -0.988. The molecule has 0 spiro atoms. The Hall–Kier alpha value is -1.54. The predicted octanol–water partition coefficient (Wildman–Crippen LogP) is 3.12. The van der Waals surface area contributed by atoms with E-state index in [4.69, 9.17) is 9.47 Å². The summed E-state index contributed by atoms with van der Waals surface area (Å²) in [6.07, 6.45) is 2.60. The second-order valence-electron chi connectivity index (χ2n) is 5.69. The zero-order valence-corrected chi connectivity index (χ0v) is 17.3. The van der Waals surface area contributed by atoms with Crippen molar-refractivity contribution in [2.75, 3.05) is 19.5 Å². The van der Waals surface area contributed by atoms with E-state index in [0.717, 1.165) is 17.6 Å². The van der Waals surface area contributed by atoms with Gasteiger partial charge in [-0.25, -0.2) is 0 Å². The highest BCUT2D eigenvalue weighted by molar-refractivity contribution is 8.00. The molecule has 2 rings (SSSR count). The van der Waals surface area contributed by atoms with E-state index in [1.165, 1.54) is 11.8 Å². The maximum atomic E-state index is 12.5. The van der Waals surface area contributed by atoms with Crippen LogP contribution in [0.2, 0.25) is 0 Å². The van der Waals surface area contributed by atoms with Gasteiger partial charge in [0.15, 0.2) is 4.34 Å². The van der Waals surface area contributed by atoms with Gasteiger partial charge in [0.05, 0.1) is 6.61 Å². The number of nitrogens with zero attached hydrogens (tertiary/aromatic N) is 2. The molecule has 0 aromatic carbocycles. The van der Waals surface area contributed by atoms with Crippen molar-refractivity contribution in [3.05, 3.63) is 11.8 Å². The fraction of sp³-hybridized carbons (Fsp3) is 0.643. The number of esters is 1. The lowest BCUT2D eigenvalue weighted by Crippen LogP contribution is -2.40. The molecule has 1 unspecified atom stereocenters. The van der Waals surface area contributed by atoms with Crippen molar-refractivity contribution in [3.63, 3.8) is 0 Å². The molecular weight excluding hydrogens is 445 g/mol. The first-order valence-corrected chi connectivity index (χ1v) is 11.3. The van der Waals surface area contributed by atoms with Crippen molar-refractivity contribution in [1.82, 2.24) is 9.36 Å². The number of halogens is 3. The van der Waals surface area contributed by atoms with Crippen LogP contribution in [0.15, 0.2) is 16.2 Å². The monoisotopic (exact) mass is 462 g/mol. The second kappa shape index (κ2) is 8.86. The number of rotatable bonds is 8. The average molecular weight is 462 g/mol. The van der Waals surface area contributed by atoms with Gasteiger partial charge < -0.3 is 13.7 Å². The first kappa shape index (κ1) is 22.7. The van der Waals surface area contributed by atoms with E-state index in [2.05, 4.69) is 13.5 Å². The first-order chi connectivity index (χ1) is 13.0. The van der Waals surface area contributed by atoms with Gasteiger partial charge in [0.1, 0.15) is 17.8 Å². The molecule has 158 valence electrons. The zero-order chi connectivity index (χ0) is 21.0. The predicted molar refractivity (Wildman–Crippen MR) is 94.2 cm³/mol. The summed E-state index contributed by atoms with van der Waals surface area (Å²) in [4.78, 5) is 16.5. The summed E-state index contributed by atoms with van der Waals surface area (Å²) in [5.41, 5.74) is -6.74. The number of ether oxygens (including phenoxy) is 2. The number of carbonyl (C=O) groups excluding carboxylic acids is 1. The maximum absolute atomic E-state index is 12.5. The van der Waals surface area contributed by atoms with E-state index in [1.54, 1.807) is 6.92 Å². The van der Waals surface area contributed by atoms with Crippen LogP contribution in [0.25, 0.3) is 0 Å². The highest BCUT2D eigenvalue weighted by Crippen LogP contribution is 2.39. The van der Waals surface area contributed by atoms with E-state index in [9.17, 15) is 26.4 Å². The molecule has 0 saturated carbocycles. The lowest BCUT2D eigenvalue weighted by Gasteiger charge is -2.33. The largest absolute Gasteiger partial charge is 0.534 e. The molecule has 0 radical (unpaired) electrons. The number of alkyl halides is 3. The Bertz CT molecular complexity index is 840. The van der Waals surface area contributed by atoms with Gasteiger partial charge >= 0.3 is 27.6 Å². The number of hydrogen-bond acceptors (Lipinski definition) is 10. The number of carbonyl (C=O) groups is 1. The van der Waals surface area contributed by atoms with Crippen LogP contribution in [0.1, 0.15) is 26.2 Å². The number of hydrogen-bond donors (Lipinski definition) is 0. The van der Waals surface area contributed by atoms with E-state index in [0.29, 0.717) is 4.34 Å². The quantitative estimate of drug-likeness (QED) is 0.249. The molecule has 0 N–H and O–H groups in total. The molecule has 1 aliphatic rings. The van der Waals surface area contributed by atoms with Crippen molar-refractivity contribution in [1.29, 1.82) is 0 Å². The highest BCUT2D eigenvalue weighted by atomic mass is 32.2.